The lowest BCUT2D eigenvalue weighted by Crippen LogP contribution is -2.37. The van der Waals surface area contributed by atoms with E-state index in [9.17, 15) is 14.7 Å². The molecule has 3 N–H and O–H groups in total. The van der Waals surface area contributed by atoms with Gasteiger partial charge in [-0.2, -0.15) is 0 Å². The van der Waals surface area contributed by atoms with E-state index in [1.807, 2.05) is 6.92 Å². The number of nitrogens with one attached hydrogen (secondary N) is 2. The van der Waals surface area contributed by atoms with Gasteiger partial charge in [-0.05, 0) is 30.2 Å². The van der Waals surface area contributed by atoms with E-state index in [4.69, 9.17) is 0 Å². The topological polar surface area (TPSA) is 94.6 Å². The van der Waals surface area contributed by atoms with Crippen LogP contribution in [0.2, 0.25) is 0 Å². The Morgan fingerprint density at radius 3 is 3.00 bits per heavy atom. The smallest absolute Gasteiger partial charge is 0.257 e. The molecule has 0 fully saturated rings. The molecule has 0 radical (unpaired) electrons. The van der Waals surface area contributed by atoms with Gasteiger partial charge in [0.2, 0.25) is 5.91 Å². The SMILES string of the molecule is Cc1c(CO)cccc1NC(=O)c1cnc2c(c1)N(C)C(=O)CN2. The van der Waals surface area contributed by atoms with E-state index < -0.39 is 0 Å². The predicted molar refractivity (Wildman–Crippen MR) is 91.2 cm³/mol. The van der Waals surface area contributed by atoms with Crippen LogP contribution in [0.5, 0.6) is 0 Å². The van der Waals surface area contributed by atoms with Crippen LogP contribution in [0.15, 0.2) is 30.5 Å². The summed E-state index contributed by atoms with van der Waals surface area (Å²) >= 11 is 0. The molecule has 0 atom stereocenters. The predicted octanol–water partition coefficient (Wildman–Crippen LogP) is 1.52. The Bertz CT molecular complexity index is 819. The summed E-state index contributed by atoms with van der Waals surface area (Å²) in [5.74, 6) is 0.162. The van der Waals surface area contributed by atoms with Gasteiger partial charge in [-0.15, -0.1) is 0 Å². The third-order valence-electron chi connectivity index (χ3n) is 4.14. The van der Waals surface area contributed by atoms with Gasteiger partial charge in [-0.25, -0.2) is 4.98 Å². The lowest BCUT2D eigenvalue weighted by atomic mass is 10.1. The van der Waals surface area contributed by atoms with E-state index in [0.717, 1.165) is 11.1 Å². The van der Waals surface area contributed by atoms with Crippen molar-refractivity contribution in [2.45, 2.75) is 13.5 Å². The van der Waals surface area contributed by atoms with Crippen molar-refractivity contribution in [2.24, 2.45) is 0 Å². The quantitative estimate of drug-likeness (QED) is 0.795. The van der Waals surface area contributed by atoms with Gasteiger partial charge in [0, 0.05) is 18.9 Å². The normalized spacial score (nSPS) is 13.3. The van der Waals surface area contributed by atoms with Crippen LogP contribution in [-0.2, 0) is 11.4 Å². The highest BCUT2D eigenvalue weighted by molar-refractivity contribution is 6.07. The molecule has 2 amide bonds. The first kappa shape index (κ1) is 15.9. The van der Waals surface area contributed by atoms with Crippen molar-refractivity contribution < 1.29 is 14.7 Å². The molecule has 1 aromatic heterocycles. The molecular formula is C17H18N4O3. The third-order valence-corrected chi connectivity index (χ3v) is 4.14. The molecule has 2 heterocycles. The van der Waals surface area contributed by atoms with E-state index in [1.54, 1.807) is 31.3 Å². The Balaban J connectivity index is 1.88. The zero-order valence-corrected chi connectivity index (χ0v) is 13.5. The molecule has 0 saturated heterocycles. The molecule has 7 heteroatoms. The molecule has 0 unspecified atom stereocenters. The van der Waals surface area contributed by atoms with Crippen LogP contribution in [0.4, 0.5) is 17.2 Å². The van der Waals surface area contributed by atoms with Gasteiger partial charge in [0.05, 0.1) is 24.4 Å². The first-order valence-corrected chi connectivity index (χ1v) is 7.52. The average Bonchev–Trinajstić information content (AvgIpc) is 2.59. The lowest BCUT2D eigenvalue weighted by molar-refractivity contribution is -0.116. The fourth-order valence-electron chi connectivity index (χ4n) is 2.57. The summed E-state index contributed by atoms with van der Waals surface area (Å²) in [6.45, 7) is 1.94. The molecule has 7 nitrogen and oxygen atoms in total. The second-order valence-electron chi connectivity index (χ2n) is 5.60. The van der Waals surface area contributed by atoms with Gasteiger partial charge in [0.1, 0.15) is 5.82 Å². The number of carbonyl (C=O) groups is 2. The Morgan fingerprint density at radius 2 is 2.25 bits per heavy atom. The summed E-state index contributed by atoms with van der Waals surface area (Å²) in [5, 5.41) is 15.1. The van der Waals surface area contributed by atoms with Crippen molar-refractivity contribution in [3.8, 4) is 0 Å². The van der Waals surface area contributed by atoms with Gasteiger partial charge in [-0.1, -0.05) is 12.1 Å². The van der Waals surface area contributed by atoms with Crippen molar-refractivity contribution in [3.63, 3.8) is 0 Å². The number of nitrogens with zero attached hydrogens (tertiary/aromatic N) is 2. The number of pyridine rings is 1. The van der Waals surface area contributed by atoms with Crippen molar-refractivity contribution in [1.82, 2.24) is 4.98 Å². The average molecular weight is 326 g/mol. The summed E-state index contributed by atoms with van der Waals surface area (Å²) < 4.78 is 0. The number of anilines is 3. The number of fused-ring (bicyclic) bond motifs is 1. The second-order valence-corrected chi connectivity index (χ2v) is 5.60. The van der Waals surface area contributed by atoms with Crippen molar-refractivity contribution in [1.29, 1.82) is 0 Å². The van der Waals surface area contributed by atoms with Crippen LogP contribution in [-0.4, -0.2) is 35.5 Å². The molecule has 3 rings (SSSR count). The van der Waals surface area contributed by atoms with Gasteiger partial charge < -0.3 is 20.6 Å². The van der Waals surface area contributed by atoms with Crippen LogP contribution in [0, 0.1) is 6.92 Å². The molecule has 0 saturated carbocycles. The van der Waals surface area contributed by atoms with Crippen molar-refractivity contribution >= 4 is 29.0 Å². The lowest BCUT2D eigenvalue weighted by Gasteiger charge is -2.26. The summed E-state index contributed by atoms with van der Waals surface area (Å²) in [6, 6.07) is 6.98. The second kappa shape index (κ2) is 6.29. The first-order valence-electron chi connectivity index (χ1n) is 7.52. The number of aromatic nitrogens is 1. The van der Waals surface area contributed by atoms with Crippen LogP contribution >= 0.6 is 0 Å². The number of aliphatic hydroxyl groups is 1. The number of benzene rings is 1. The Morgan fingerprint density at radius 1 is 1.46 bits per heavy atom. The zero-order chi connectivity index (χ0) is 17.3. The van der Waals surface area contributed by atoms with Crippen LogP contribution in [0.25, 0.3) is 0 Å². The first-order chi connectivity index (χ1) is 11.5. The van der Waals surface area contributed by atoms with Gasteiger partial charge in [0.25, 0.3) is 5.91 Å². The van der Waals surface area contributed by atoms with Crippen molar-refractivity contribution in [3.05, 3.63) is 47.2 Å². The molecule has 0 spiro atoms. The highest BCUT2D eigenvalue weighted by atomic mass is 16.3. The molecule has 1 aromatic carbocycles. The Labute approximate surface area is 139 Å². The highest BCUT2D eigenvalue weighted by Gasteiger charge is 2.23. The minimum Gasteiger partial charge on any atom is -0.392 e. The maximum Gasteiger partial charge on any atom is 0.257 e. The maximum atomic E-state index is 12.5. The number of hydrogen-bond donors (Lipinski definition) is 3. The summed E-state index contributed by atoms with van der Waals surface area (Å²) in [7, 11) is 1.65. The molecular weight excluding hydrogens is 308 g/mol. The molecule has 1 aliphatic heterocycles. The number of aliphatic hydroxyl groups excluding tert-OH is 1. The molecule has 1 aliphatic rings. The van der Waals surface area contributed by atoms with Crippen LogP contribution in [0.1, 0.15) is 21.5 Å². The monoisotopic (exact) mass is 326 g/mol. The third kappa shape index (κ3) is 2.81. The minimum atomic E-state index is -0.324. The van der Waals surface area contributed by atoms with Gasteiger partial charge in [-0.3, -0.25) is 9.59 Å². The van der Waals surface area contributed by atoms with E-state index in [2.05, 4.69) is 15.6 Å². The van der Waals surface area contributed by atoms with Gasteiger partial charge in [0.15, 0.2) is 0 Å². The van der Waals surface area contributed by atoms with Crippen LogP contribution < -0.4 is 15.5 Å². The van der Waals surface area contributed by atoms with E-state index in [1.165, 1.54) is 11.1 Å². The summed E-state index contributed by atoms with van der Waals surface area (Å²) in [4.78, 5) is 30.0. The molecule has 24 heavy (non-hydrogen) atoms. The largest absolute Gasteiger partial charge is 0.392 e. The maximum absolute atomic E-state index is 12.5. The van der Waals surface area contributed by atoms with E-state index in [-0.39, 0.29) is 25.0 Å². The number of carbonyl (C=O) groups excluding carboxylic acids is 2. The number of likely N-dealkylation sites (N-methyl/N-ethyl adjacent to an activating group) is 1. The summed E-state index contributed by atoms with van der Waals surface area (Å²) in [5.41, 5.74) is 3.12. The minimum absolute atomic E-state index is 0.0888. The highest BCUT2D eigenvalue weighted by Crippen LogP contribution is 2.27. The van der Waals surface area contributed by atoms with E-state index in [0.29, 0.717) is 22.8 Å². The molecule has 2 aromatic rings. The number of rotatable bonds is 3. The standard InChI is InChI=1S/C17H18N4O3/c1-10-11(9-22)4-3-5-13(10)20-17(24)12-6-14-16(18-7-12)19-8-15(23)21(14)2/h3-7,22H,8-9H2,1-2H3,(H,18,19)(H,20,24). The summed E-state index contributed by atoms with van der Waals surface area (Å²) in [6.07, 6.45) is 1.47. The van der Waals surface area contributed by atoms with E-state index >= 15 is 0 Å². The molecule has 0 aliphatic carbocycles. The van der Waals surface area contributed by atoms with Gasteiger partial charge >= 0.3 is 0 Å². The fraction of sp³-hybridized carbons (Fsp3) is 0.235. The number of hydrogen-bond acceptors (Lipinski definition) is 5. The fourth-order valence-corrected chi connectivity index (χ4v) is 2.57. The molecule has 124 valence electrons. The zero-order valence-electron chi connectivity index (χ0n) is 13.5. The Kier molecular flexibility index (Phi) is 4.18. The Hall–Kier alpha value is -2.93. The van der Waals surface area contributed by atoms with Crippen molar-refractivity contribution in [2.75, 3.05) is 29.1 Å². The molecule has 0 bridgehead atoms. The number of amides is 2. The van der Waals surface area contributed by atoms with Crippen LogP contribution in [0.3, 0.4) is 0 Å².